The normalized spacial score (nSPS) is 10.5. The van der Waals surface area contributed by atoms with Gasteiger partial charge in [0.25, 0.3) is 0 Å². The average molecular weight is 258 g/mol. The minimum absolute atomic E-state index is 0.356. The summed E-state index contributed by atoms with van der Waals surface area (Å²) in [6, 6.07) is 3.20. The van der Waals surface area contributed by atoms with Gasteiger partial charge in [-0.15, -0.1) is 0 Å². The smallest absolute Gasteiger partial charge is 0.235 e. The Morgan fingerprint density at radius 2 is 2.24 bits per heavy atom. The first-order chi connectivity index (χ1) is 8.08. The molecule has 0 aromatic heterocycles. The second-order valence-corrected chi connectivity index (χ2v) is 3.48. The fourth-order valence-electron chi connectivity index (χ4n) is 1.27. The summed E-state index contributed by atoms with van der Waals surface area (Å²) in [7, 11) is 1.48. The maximum Gasteiger partial charge on any atom is 0.235 e. The Morgan fingerprint density at radius 3 is 2.76 bits per heavy atom. The van der Waals surface area contributed by atoms with E-state index in [4.69, 9.17) is 21.1 Å². The lowest BCUT2D eigenvalue weighted by molar-refractivity contribution is -0.400. The summed E-state index contributed by atoms with van der Waals surface area (Å²) in [4.78, 5) is 9.67. The Kier molecular flexibility index (Phi) is 4.78. The van der Waals surface area contributed by atoms with Gasteiger partial charge in [-0.25, -0.2) is 0 Å². The number of nitrogens with zero attached hydrogens (tertiary/aromatic N) is 1. The Hall–Kier alpha value is -1.75. The fraction of sp³-hybridized carbons (Fsp3) is 0.273. The lowest BCUT2D eigenvalue weighted by Gasteiger charge is -2.11. The second kappa shape index (κ2) is 6.10. The second-order valence-electron chi connectivity index (χ2n) is 3.07. The van der Waals surface area contributed by atoms with E-state index in [2.05, 4.69) is 0 Å². The summed E-state index contributed by atoms with van der Waals surface area (Å²) in [5.74, 6) is 0.886. The van der Waals surface area contributed by atoms with E-state index in [1.165, 1.54) is 13.2 Å². The molecule has 0 bridgehead atoms. The molecule has 1 aromatic rings. The van der Waals surface area contributed by atoms with Crippen molar-refractivity contribution in [2.75, 3.05) is 13.7 Å². The molecule has 0 unspecified atom stereocenters. The van der Waals surface area contributed by atoms with Crippen LogP contribution < -0.4 is 9.47 Å². The summed E-state index contributed by atoms with van der Waals surface area (Å²) >= 11 is 6.00. The maximum absolute atomic E-state index is 10.2. The fourth-order valence-corrected chi connectivity index (χ4v) is 1.54. The van der Waals surface area contributed by atoms with E-state index < -0.39 is 4.92 Å². The molecule has 0 fully saturated rings. The molecule has 0 aliphatic rings. The highest BCUT2D eigenvalue weighted by Gasteiger charge is 2.10. The molecule has 0 saturated carbocycles. The van der Waals surface area contributed by atoms with Crippen molar-refractivity contribution in [1.82, 2.24) is 0 Å². The van der Waals surface area contributed by atoms with Crippen LogP contribution in [0.15, 0.2) is 18.3 Å². The monoisotopic (exact) mass is 257 g/mol. The minimum atomic E-state index is -0.545. The largest absolute Gasteiger partial charge is 0.493 e. The third-order valence-corrected chi connectivity index (χ3v) is 2.21. The van der Waals surface area contributed by atoms with E-state index in [0.29, 0.717) is 28.7 Å². The van der Waals surface area contributed by atoms with Crippen LogP contribution in [0.3, 0.4) is 0 Å². The Labute approximate surface area is 104 Å². The van der Waals surface area contributed by atoms with Crippen molar-refractivity contribution in [2.45, 2.75) is 6.92 Å². The van der Waals surface area contributed by atoms with E-state index >= 15 is 0 Å². The molecule has 92 valence electrons. The van der Waals surface area contributed by atoms with Crippen molar-refractivity contribution in [1.29, 1.82) is 0 Å². The Morgan fingerprint density at radius 1 is 1.53 bits per heavy atom. The highest BCUT2D eigenvalue weighted by molar-refractivity contribution is 6.32. The molecule has 0 radical (unpaired) electrons. The molecule has 6 heteroatoms. The van der Waals surface area contributed by atoms with Gasteiger partial charge >= 0.3 is 0 Å². The quantitative estimate of drug-likeness (QED) is 0.601. The van der Waals surface area contributed by atoms with Gasteiger partial charge < -0.3 is 9.47 Å². The van der Waals surface area contributed by atoms with Gasteiger partial charge in [-0.2, -0.15) is 0 Å². The van der Waals surface area contributed by atoms with Crippen molar-refractivity contribution < 1.29 is 14.4 Å². The lowest BCUT2D eigenvalue weighted by atomic mass is 10.2. The van der Waals surface area contributed by atoms with Crippen molar-refractivity contribution in [3.63, 3.8) is 0 Å². The highest BCUT2D eigenvalue weighted by Crippen LogP contribution is 2.36. The molecule has 0 heterocycles. The molecule has 1 aromatic carbocycles. The van der Waals surface area contributed by atoms with Crippen LogP contribution in [0.4, 0.5) is 0 Å². The summed E-state index contributed by atoms with van der Waals surface area (Å²) < 4.78 is 10.4. The van der Waals surface area contributed by atoms with Crippen LogP contribution in [-0.4, -0.2) is 18.6 Å². The van der Waals surface area contributed by atoms with Gasteiger partial charge in [-0.1, -0.05) is 11.6 Å². The van der Waals surface area contributed by atoms with Gasteiger partial charge in [0.1, 0.15) is 0 Å². The number of benzene rings is 1. The van der Waals surface area contributed by atoms with Crippen LogP contribution in [0.2, 0.25) is 5.02 Å². The summed E-state index contributed by atoms with van der Waals surface area (Å²) in [5.41, 5.74) is 0.576. The first-order valence-electron chi connectivity index (χ1n) is 4.90. The van der Waals surface area contributed by atoms with E-state index in [0.717, 1.165) is 6.20 Å². The maximum atomic E-state index is 10.2. The highest BCUT2D eigenvalue weighted by atomic mass is 35.5. The Balaban J connectivity index is 3.12. The van der Waals surface area contributed by atoms with Gasteiger partial charge in [-0.3, -0.25) is 10.1 Å². The molecule has 0 aliphatic carbocycles. The van der Waals surface area contributed by atoms with E-state index in [-0.39, 0.29) is 0 Å². The molecular formula is C11H12ClNO4. The molecular weight excluding hydrogens is 246 g/mol. The number of methoxy groups -OCH3 is 1. The first kappa shape index (κ1) is 13.3. The van der Waals surface area contributed by atoms with Gasteiger partial charge in [0.2, 0.25) is 6.20 Å². The molecule has 0 amide bonds. The molecule has 0 saturated heterocycles. The third-order valence-electron chi connectivity index (χ3n) is 1.93. The van der Waals surface area contributed by atoms with Crippen molar-refractivity contribution in [3.05, 3.63) is 39.0 Å². The number of nitro groups is 1. The predicted octanol–water partition coefficient (Wildman–Crippen LogP) is 2.99. The Bertz CT molecular complexity index is 445. The van der Waals surface area contributed by atoms with Crippen LogP contribution in [0.1, 0.15) is 12.5 Å². The number of ether oxygens (including phenoxy) is 2. The van der Waals surface area contributed by atoms with Gasteiger partial charge in [0.05, 0.1) is 23.7 Å². The number of hydrogen-bond acceptors (Lipinski definition) is 4. The number of hydrogen-bond donors (Lipinski definition) is 0. The van der Waals surface area contributed by atoms with E-state index in [1.807, 2.05) is 6.92 Å². The molecule has 5 nitrogen and oxygen atoms in total. The lowest BCUT2D eigenvalue weighted by Crippen LogP contribution is -1.96. The average Bonchev–Trinajstić information content (AvgIpc) is 2.29. The van der Waals surface area contributed by atoms with E-state index in [1.54, 1.807) is 12.1 Å². The van der Waals surface area contributed by atoms with Crippen LogP contribution in [0.25, 0.3) is 6.08 Å². The molecule has 1 rings (SSSR count). The SMILES string of the molecule is CCOc1c(Cl)cc(/C=C/[N+](=O)[O-])cc1OC. The van der Waals surface area contributed by atoms with Crippen LogP contribution in [-0.2, 0) is 0 Å². The molecule has 0 N–H and O–H groups in total. The molecule has 17 heavy (non-hydrogen) atoms. The first-order valence-corrected chi connectivity index (χ1v) is 5.28. The van der Waals surface area contributed by atoms with Crippen LogP contribution in [0, 0.1) is 10.1 Å². The predicted molar refractivity (Wildman–Crippen MR) is 65.2 cm³/mol. The zero-order valence-electron chi connectivity index (χ0n) is 9.47. The van der Waals surface area contributed by atoms with Crippen molar-refractivity contribution >= 4 is 17.7 Å². The standard InChI is InChI=1S/C11H12ClNO4/c1-3-17-11-9(12)6-8(4-5-13(14)15)7-10(11)16-2/h4-7H,3H2,1-2H3/b5-4+. The third kappa shape index (κ3) is 3.64. The van der Waals surface area contributed by atoms with Crippen LogP contribution >= 0.6 is 11.6 Å². The van der Waals surface area contributed by atoms with Crippen molar-refractivity contribution in [3.8, 4) is 11.5 Å². The summed E-state index contributed by atoms with van der Waals surface area (Å²) in [5, 5.41) is 10.6. The zero-order valence-corrected chi connectivity index (χ0v) is 10.2. The number of halogens is 1. The van der Waals surface area contributed by atoms with Gasteiger partial charge in [0, 0.05) is 6.08 Å². The molecule has 0 atom stereocenters. The molecule has 0 aliphatic heterocycles. The van der Waals surface area contributed by atoms with E-state index in [9.17, 15) is 10.1 Å². The molecule has 0 spiro atoms. The van der Waals surface area contributed by atoms with Crippen molar-refractivity contribution in [2.24, 2.45) is 0 Å². The summed E-state index contributed by atoms with van der Waals surface area (Å²) in [6.07, 6.45) is 2.18. The number of rotatable bonds is 5. The van der Waals surface area contributed by atoms with Gasteiger partial charge in [0.15, 0.2) is 11.5 Å². The van der Waals surface area contributed by atoms with Gasteiger partial charge in [-0.05, 0) is 24.6 Å². The topological polar surface area (TPSA) is 61.6 Å². The minimum Gasteiger partial charge on any atom is -0.493 e. The zero-order chi connectivity index (χ0) is 12.8. The van der Waals surface area contributed by atoms with Crippen LogP contribution in [0.5, 0.6) is 11.5 Å². The summed E-state index contributed by atoms with van der Waals surface area (Å²) in [6.45, 7) is 2.29.